The number of hydrogen-bond acceptors (Lipinski definition) is 4. The first kappa shape index (κ1) is 13.5. The number of carboxylic acids is 1. The molecular weight excluding hydrogens is 248 g/mol. The molecule has 1 saturated carbocycles. The van der Waals surface area contributed by atoms with E-state index in [2.05, 4.69) is 20.5 Å². The van der Waals surface area contributed by atoms with Crippen LogP contribution in [0.25, 0.3) is 0 Å². The van der Waals surface area contributed by atoms with Gasteiger partial charge in [-0.3, -0.25) is 14.7 Å². The van der Waals surface area contributed by atoms with E-state index in [0.717, 1.165) is 12.8 Å². The number of aromatic nitrogens is 3. The van der Waals surface area contributed by atoms with Crippen LogP contribution in [0, 0.1) is 5.41 Å². The molecule has 0 spiro atoms. The molecule has 0 radical (unpaired) electrons. The minimum absolute atomic E-state index is 0.0652. The summed E-state index contributed by atoms with van der Waals surface area (Å²) in [6.45, 7) is 2.04. The van der Waals surface area contributed by atoms with Crippen molar-refractivity contribution in [3.8, 4) is 0 Å². The van der Waals surface area contributed by atoms with Crippen LogP contribution in [0.4, 0.5) is 0 Å². The Hall–Kier alpha value is -1.92. The topological polar surface area (TPSA) is 108 Å². The average Bonchev–Trinajstić information content (AvgIpc) is 3.05. The van der Waals surface area contributed by atoms with Gasteiger partial charge in [0.2, 0.25) is 5.82 Å². The zero-order chi connectivity index (χ0) is 13.9. The normalized spacial score (nSPS) is 17.3. The molecule has 1 aliphatic rings. The maximum absolute atomic E-state index is 11.8. The molecule has 7 heteroatoms. The predicted molar refractivity (Wildman–Crippen MR) is 66.6 cm³/mol. The maximum Gasteiger partial charge on any atom is 0.311 e. The number of carbonyl (C=O) groups excluding carboxylic acids is 1. The Morgan fingerprint density at radius 3 is 2.63 bits per heavy atom. The van der Waals surface area contributed by atoms with Gasteiger partial charge in [0.1, 0.15) is 5.82 Å². The van der Waals surface area contributed by atoms with E-state index in [-0.39, 0.29) is 12.4 Å². The summed E-state index contributed by atoms with van der Waals surface area (Å²) in [6, 6.07) is 0. The first-order chi connectivity index (χ1) is 9.07. The summed E-state index contributed by atoms with van der Waals surface area (Å²) < 4.78 is 0. The van der Waals surface area contributed by atoms with Gasteiger partial charge in [0.25, 0.3) is 5.91 Å². The molecule has 1 heterocycles. The van der Waals surface area contributed by atoms with Crippen molar-refractivity contribution in [2.45, 2.75) is 39.0 Å². The zero-order valence-corrected chi connectivity index (χ0v) is 10.9. The summed E-state index contributed by atoms with van der Waals surface area (Å²) >= 11 is 0. The van der Waals surface area contributed by atoms with Crippen LogP contribution in [-0.2, 0) is 11.2 Å². The predicted octanol–water partition coefficient (Wildman–Crippen LogP) is 0.742. The Morgan fingerprint density at radius 2 is 2.11 bits per heavy atom. The highest BCUT2D eigenvalue weighted by Crippen LogP contribution is 2.37. The lowest BCUT2D eigenvalue weighted by atomic mass is 9.86. The van der Waals surface area contributed by atoms with Crippen LogP contribution in [-0.4, -0.2) is 38.7 Å². The van der Waals surface area contributed by atoms with Gasteiger partial charge in [0.05, 0.1) is 5.41 Å². The first-order valence-electron chi connectivity index (χ1n) is 6.50. The maximum atomic E-state index is 11.8. The van der Waals surface area contributed by atoms with E-state index in [9.17, 15) is 14.7 Å². The van der Waals surface area contributed by atoms with Crippen LogP contribution < -0.4 is 5.32 Å². The molecule has 1 aromatic rings. The van der Waals surface area contributed by atoms with Crippen LogP contribution in [0.1, 0.15) is 49.1 Å². The first-order valence-corrected chi connectivity index (χ1v) is 6.50. The van der Waals surface area contributed by atoms with Crippen LogP contribution in [0.15, 0.2) is 0 Å². The molecule has 3 N–H and O–H groups in total. The number of aryl methyl sites for hydroxylation is 1. The molecule has 0 saturated heterocycles. The molecule has 0 unspecified atom stereocenters. The van der Waals surface area contributed by atoms with E-state index >= 15 is 0 Å². The summed E-state index contributed by atoms with van der Waals surface area (Å²) in [5.41, 5.74) is -0.820. The standard InChI is InChI=1S/C12H18N4O3/c1-2-8-14-9(16-15-8)10(17)13-7-12(11(18)19)5-3-4-6-12/h2-7H2,1H3,(H,13,17)(H,18,19)(H,14,15,16). The number of amides is 1. The zero-order valence-electron chi connectivity index (χ0n) is 10.9. The number of H-pyrrole nitrogens is 1. The van der Waals surface area contributed by atoms with Crippen molar-refractivity contribution in [1.29, 1.82) is 0 Å². The van der Waals surface area contributed by atoms with Gasteiger partial charge in [-0.25, -0.2) is 4.98 Å². The molecule has 0 aromatic carbocycles. The van der Waals surface area contributed by atoms with Crippen LogP contribution in [0.2, 0.25) is 0 Å². The lowest BCUT2D eigenvalue weighted by Crippen LogP contribution is -2.41. The summed E-state index contributed by atoms with van der Waals surface area (Å²) in [7, 11) is 0. The number of aromatic amines is 1. The Kier molecular flexibility index (Phi) is 3.82. The smallest absolute Gasteiger partial charge is 0.311 e. The van der Waals surface area contributed by atoms with E-state index in [0.29, 0.717) is 25.1 Å². The fourth-order valence-electron chi connectivity index (χ4n) is 2.40. The number of rotatable bonds is 5. The summed E-state index contributed by atoms with van der Waals surface area (Å²) in [4.78, 5) is 27.2. The van der Waals surface area contributed by atoms with E-state index in [1.54, 1.807) is 0 Å². The number of nitrogens with one attached hydrogen (secondary N) is 2. The molecule has 1 fully saturated rings. The molecule has 0 aliphatic heterocycles. The Bertz CT molecular complexity index is 477. The van der Waals surface area contributed by atoms with Gasteiger partial charge >= 0.3 is 5.97 Å². The largest absolute Gasteiger partial charge is 0.481 e. The van der Waals surface area contributed by atoms with Crippen LogP contribution in [0.5, 0.6) is 0 Å². The van der Waals surface area contributed by atoms with Gasteiger partial charge in [0.15, 0.2) is 0 Å². The summed E-state index contributed by atoms with van der Waals surface area (Å²) in [5.74, 6) is -0.563. The van der Waals surface area contributed by atoms with Gasteiger partial charge in [-0.2, -0.15) is 0 Å². The highest BCUT2D eigenvalue weighted by Gasteiger charge is 2.41. The summed E-state index contributed by atoms with van der Waals surface area (Å²) in [6.07, 6.45) is 3.67. The van der Waals surface area contributed by atoms with Crippen molar-refractivity contribution >= 4 is 11.9 Å². The Labute approximate surface area is 110 Å². The lowest BCUT2D eigenvalue weighted by molar-refractivity contribution is -0.148. The molecule has 7 nitrogen and oxygen atoms in total. The van der Waals surface area contributed by atoms with Crippen molar-refractivity contribution in [2.24, 2.45) is 5.41 Å². The number of aliphatic carboxylic acids is 1. The third-order valence-corrected chi connectivity index (χ3v) is 3.67. The van der Waals surface area contributed by atoms with Gasteiger partial charge in [0, 0.05) is 13.0 Å². The number of nitrogens with zero attached hydrogens (tertiary/aromatic N) is 2. The third-order valence-electron chi connectivity index (χ3n) is 3.67. The van der Waals surface area contributed by atoms with E-state index in [4.69, 9.17) is 0 Å². The highest BCUT2D eigenvalue weighted by molar-refractivity contribution is 5.90. The van der Waals surface area contributed by atoms with Gasteiger partial charge in [-0.15, -0.1) is 5.10 Å². The molecular formula is C12H18N4O3. The van der Waals surface area contributed by atoms with Crippen LogP contribution in [0.3, 0.4) is 0 Å². The molecule has 0 atom stereocenters. The van der Waals surface area contributed by atoms with Crippen molar-refractivity contribution < 1.29 is 14.7 Å². The summed E-state index contributed by atoms with van der Waals surface area (Å²) in [5, 5.41) is 18.4. The monoisotopic (exact) mass is 266 g/mol. The van der Waals surface area contributed by atoms with Crippen molar-refractivity contribution in [3.63, 3.8) is 0 Å². The average molecular weight is 266 g/mol. The molecule has 0 bridgehead atoms. The van der Waals surface area contributed by atoms with Crippen molar-refractivity contribution in [2.75, 3.05) is 6.54 Å². The second-order valence-corrected chi connectivity index (χ2v) is 4.93. The second-order valence-electron chi connectivity index (χ2n) is 4.93. The number of carboxylic acid groups (broad SMARTS) is 1. The third kappa shape index (κ3) is 2.74. The van der Waals surface area contributed by atoms with E-state index in [1.807, 2.05) is 6.92 Å². The van der Waals surface area contributed by atoms with E-state index in [1.165, 1.54) is 0 Å². The van der Waals surface area contributed by atoms with Crippen molar-refractivity contribution in [3.05, 3.63) is 11.6 Å². The molecule has 1 aliphatic carbocycles. The van der Waals surface area contributed by atoms with Crippen LogP contribution >= 0.6 is 0 Å². The quantitative estimate of drug-likeness (QED) is 0.728. The fourth-order valence-corrected chi connectivity index (χ4v) is 2.40. The SMILES string of the molecule is CCc1nc(C(=O)NCC2(C(=O)O)CCCC2)n[nH]1. The van der Waals surface area contributed by atoms with Gasteiger partial charge in [-0.1, -0.05) is 19.8 Å². The number of hydrogen-bond donors (Lipinski definition) is 3. The molecule has 19 heavy (non-hydrogen) atoms. The number of carbonyl (C=O) groups is 2. The highest BCUT2D eigenvalue weighted by atomic mass is 16.4. The van der Waals surface area contributed by atoms with Gasteiger partial charge in [-0.05, 0) is 12.8 Å². The molecule has 1 aromatic heterocycles. The fraction of sp³-hybridized carbons (Fsp3) is 0.667. The minimum atomic E-state index is -0.838. The lowest BCUT2D eigenvalue weighted by Gasteiger charge is -2.23. The Balaban J connectivity index is 1.97. The minimum Gasteiger partial charge on any atom is -0.481 e. The molecule has 2 rings (SSSR count). The second kappa shape index (κ2) is 5.38. The van der Waals surface area contributed by atoms with Gasteiger partial charge < -0.3 is 10.4 Å². The molecule has 1 amide bonds. The Morgan fingerprint density at radius 1 is 1.42 bits per heavy atom. The van der Waals surface area contributed by atoms with Crippen molar-refractivity contribution in [1.82, 2.24) is 20.5 Å². The molecule has 104 valence electrons. The van der Waals surface area contributed by atoms with E-state index < -0.39 is 17.3 Å².